The zero-order valence-corrected chi connectivity index (χ0v) is 18.4. The topological polar surface area (TPSA) is 73.3 Å². The molecule has 0 fully saturated rings. The minimum Gasteiger partial charge on any atom is -0.493 e. The van der Waals surface area contributed by atoms with Crippen LogP contribution >= 0.6 is 11.3 Å². The van der Waals surface area contributed by atoms with E-state index in [1.807, 2.05) is 6.07 Å². The second-order valence-electron chi connectivity index (χ2n) is 7.01. The van der Waals surface area contributed by atoms with Crippen molar-refractivity contribution in [2.75, 3.05) is 7.11 Å². The van der Waals surface area contributed by atoms with Crippen molar-refractivity contribution in [2.24, 2.45) is 0 Å². The van der Waals surface area contributed by atoms with Crippen LogP contribution in [0.2, 0.25) is 0 Å². The van der Waals surface area contributed by atoms with Crippen molar-refractivity contribution in [3.05, 3.63) is 94.8 Å². The lowest BCUT2D eigenvalue weighted by Crippen LogP contribution is -2.23. The van der Waals surface area contributed by atoms with Gasteiger partial charge < -0.3 is 14.8 Å². The van der Waals surface area contributed by atoms with Gasteiger partial charge in [-0.25, -0.2) is 13.8 Å². The maximum atomic E-state index is 13.4. The van der Waals surface area contributed by atoms with Crippen LogP contribution in [-0.4, -0.2) is 23.0 Å². The van der Waals surface area contributed by atoms with Crippen molar-refractivity contribution < 1.29 is 23.0 Å². The van der Waals surface area contributed by atoms with Gasteiger partial charge in [-0.05, 0) is 47.5 Å². The summed E-state index contributed by atoms with van der Waals surface area (Å²) in [4.78, 5) is 20.9. The van der Waals surface area contributed by atoms with E-state index in [2.05, 4.69) is 15.3 Å². The predicted molar refractivity (Wildman–Crippen MR) is 120 cm³/mol. The zero-order chi connectivity index (χ0) is 23.2. The highest BCUT2D eigenvalue weighted by Gasteiger charge is 2.14. The van der Waals surface area contributed by atoms with Crippen LogP contribution in [0.15, 0.2) is 66.3 Å². The zero-order valence-electron chi connectivity index (χ0n) is 17.5. The fraction of sp³-hybridized carbons (Fsp3) is 0.125. The number of nitrogens with zero attached hydrogens (tertiary/aromatic N) is 2. The summed E-state index contributed by atoms with van der Waals surface area (Å²) in [5.41, 5.74) is 2.31. The Morgan fingerprint density at radius 2 is 1.88 bits per heavy atom. The maximum Gasteiger partial charge on any atom is 0.271 e. The Bertz CT molecular complexity index is 1240. The summed E-state index contributed by atoms with van der Waals surface area (Å²) >= 11 is 1.33. The van der Waals surface area contributed by atoms with Crippen LogP contribution in [0.4, 0.5) is 8.78 Å². The number of hydrogen-bond donors (Lipinski definition) is 1. The van der Waals surface area contributed by atoms with Gasteiger partial charge in [0.2, 0.25) is 0 Å². The number of hydrogen-bond acceptors (Lipinski definition) is 6. The minimum atomic E-state index is -0.667. The number of methoxy groups -OCH3 is 1. The van der Waals surface area contributed by atoms with E-state index in [1.54, 1.807) is 42.0 Å². The Labute approximate surface area is 192 Å². The number of aromatic nitrogens is 2. The van der Waals surface area contributed by atoms with E-state index in [1.165, 1.54) is 30.6 Å². The van der Waals surface area contributed by atoms with E-state index in [-0.39, 0.29) is 12.5 Å². The molecule has 1 amide bonds. The molecule has 0 unspecified atom stereocenters. The first-order chi connectivity index (χ1) is 16.0. The van der Waals surface area contributed by atoms with Gasteiger partial charge in [0.15, 0.2) is 11.5 Å². The quantitative estimate of drug-likeness (QED) is 0.395. The fourth-order valence-electron chi connectivity index (χ4n) is 3.06. The van der Waals surface area contributed by atoms with Gasteiger partial charge in [0, 0.05) is 35.9 Å². The molecule has 0 bridgehead atoms. The molecule has 0 saturated carbocycles. The average Bonchev–Trinajstić information content (AvgIpc) is 3.32. The fourth-order valence-corrected chi connectivity index (χ4v) is 3.86. The Balaban J connectivity index is 1.44. The SMILES string of the molecule is COc1cc(-c2nc(C(=O)NCc3cccnc3)cs2)ccc1OCc1cc(F)cc(F)c1. The summed E-state index contributed by atoms with van der Waals surface area (Å²) in [7, 11) is 1.49. The molecule has 0 radical (unpaired) electrons. The largest absolute Gasteiger partial charge is 0.493 e. The molecule has 4 rings (SSSR count). The summed E-state index contributed by atoms with van der Waals surface area (Å²) in [6.07, 6.45) is 3.36. The Kier molecular flexibility index (Phi) is 6.89. The van der Waals surface area contributed by atoms with Crippen molar-refractivity contribution in [1.29, 1.82) is 0 Å². The lowest BCUT2D eigenvalue weighted by molar-refractivity contribution is 0.0946. The number of pyridine rings is 1. The number of amides is 1. The van der Waals surface area contributed by atoms with Crippen LogP contribution in [0.1, 0.15) is 21.6 Å². The van der Waals surface area contributed by atoms with E-state index in [9.17, 15) is 13.6 Å². The third-order valence-electron chi connectivity index (χ3n) is 4.64. The highest BCUT2D eigenvalue weighted by atomic mass is 32.1. The van der Waals surface area contributed by atoms with E-state index >= 15 is 0 Å². The van der Waals surface area contributed by atoms with Crippen LogP contribution in [0, 0.1) is 11.6 Å². The van der Waals surface area contributed by atoms with Gasteiger partial charge >= 0.3 is 0 Å². The number of carbonyl (C=O) groups excluding carboxylic acids is 1. The van der Waals surface area contributed by atoms with Gasteiger partial charge in [0.25, 0.3) is 5.91 Å². The van der Waals surface area contributed by atoms with E-state index in [0.717, 1.165) is 17.2 Å². The van der Waals surface area contributed by atoms with Crippen LogP contribution in [0.5, 0.6) is 11.5 Å². The molecule has 2 aromatic carbocycles. The summed E-state index contributed by atoms with van der Waals surface area (Å²) < 4.78 is 37.8. The highest BCUT2D eigenvalue weighted by molar-refractivity contribution is 7.13. The molecule has 2 heterocycles. The van der Waals surface area contributed by atoms with Crippen LogP contribution in [0.25, 0.3) is 10.6 Å². The molecule has 33 heavy (non-hydrogen) atoms. The normalized spacial score (nSPS) is 10.6. The average molecular weight is 467 g/mol. The molecule has 0 atom stereocenters. The molecule has 4 aromatic rings. The highest BCUT2D eigenvalue weighted by Crippen LogP contribution is 2.34. The summed E-state index contributed by atoms with van der Waals surface area (Å²) in [5, 5.41) is 5.14. The number of thiazole rings is 1. The Hall–Kier alpha value is -3.85. The Morgan fingerprint density at radius 1 is 1.06 bits per heavy atom. The predicted octanol–water partition coefficient (Wildman–Crippen LogP) is 5.00. The lowest BCUT2D eigenvalue weighted by Gasteiger charge is -2.12. The monoisotopic (exact) mass is 467 g/mol. The lowest BCUT2D eigenvalue weighted by atomic mass is 10.2. The molecule has 6 nitrogen and oxygen atoms in total. The minimum absolute atomic E-state index is 0.0249. The number of carbonyl (C=O) groups is 1. The molecule has 168 valence electrons. The van der Waals surface area contributed by atoms with Crippen molar-refractivity contribution in [2.45, 2.75) is 13.2 Å². The van der Waals surface area contributed by atoms with E-state index in [0.29, 0.717) is 34.3 Å². The molecule has 0 aliphatic rings. The second-order valence-corrected chi connectivity index (χ2v) is 7.87. The summed E-state index contributed by atoms with van der Waals surface area (Å²) in [5.74, 6) is -0.769. The number of benzene rings is 2. The van der Waals surface area contributed by atoms with Gasteiger partial charge in [-0.3, -0.25) is 9.78 Å². The molecule has 2 aromatic heterocycles. The second kappa shape index (κ2) is 10.2. The third kappa shape index (κ3) is 5.69. The van der Waals surface area contributed by atoms with Gasteiger partial charge in [-0.1, -0.05) is 6.07 Å². The van der Waals surface area contributed by atoms with Gasteiger partial charge in [0.1, 0.15) is 28.9 Å². The van der Waals surface area contributed by atoms with Crippen molar-refractivity contribution >= 4 is 17.2 Å². The van der Waals surface area contributed by atoms with Crippen molar-refractivity contribution in [3.63, 3.8) is 0 Å². The smallest absolute Gasteiger partial charge is 0.271 e. The summed E-state index contributed by atoms with van der Waals surface area (Å²) in [6.45, 7) is 0.331. The number of ether oxygens (including phenoxy) is 2. The van der Waals surface area contributed by atoms with Gasteiger partial charge in [-0.2, -0.15) is 0 Å². The third-order valence-corrected chi connectivity index (χ3v) is 5.53. The first kappa shape index (κ1) is 22.3. The maximum absolute atomic E-state index is 13.4. The van der Waals surface area contributed by atoms with Crippen molar-refractivity contribution in [3.8, 4) is 22.1 Å². The van der Waals surface area contributed by atoms with Gasteiger partial charge in [-0.15, -0.1) is 11.3 Å². The van der Waals surface area contributed by atoms with Crippen molar-refractivity contribution in [1.82, 2.24) is 15.3 Å². The molecule has 1 N–H and O–H groups in total. The molecule has 0 aliphatic carbocycles. The summed E-state index contributed by atoms with van der Waals surface area (Å²) in [6, 6.07) is 12.1. The molecule has 0 spiro atoms. The number of nitrogens with one attached hydrogen (secondary N) is 1. The first-order valence-electron chi connectivity index (χ1n) is 9.90. The molecular formula is C24H19F2N3O3S. The molecule has 0 saturated heterocycles. The van der Waals surface area contributed by atoms with Gasteiger partial charge in [0.05, 0.1) is 7.11 Å². The van der Waals surface area contributed by atoms with Crippen LogP contribution < -0.4 is 14.8 Å². The van der Waals surface area contributed by atoms with Crippen LogP contribution in [-0.2, 0) is 13.2 Å². The van der Waals surface area contributed by atoms with Crippen LogP contribution in [0.3, 0.4) is 0 Å². The first-order valence-corrected chi connectivity index (χ1v) is 10.8. The molecular weight excluding hydrogens is 448 g/mol. The standard InChI is InChI=1S/C24H19F2N3O3S/c1-31-22-9-17(4-5-21(22)32-13-16-7-18(25)10-19(26)8-16)24-29-20(14-33-24)23(30)28-12-15-3-2-6-27-11-15/h2-11,14H,12-13H2,1H3,(H,28,30). The number of rotatable bonds is 8. The van der Waals surface area contributed by atoms with E-state index in [4.69, 9.17) is 9.47 Å². The Morgan fingerprint density at radius 3 is 2.61 bits per heavy atom. The molecule has 9 heteroatoms. The molecule has 0 aliphatic heterocycles. The number of halogens is 2. The van der Waals surface area contributed by atoms with E-state index < -0.39 is 11.6 Å².